The molecule has 1 aliphatic heterocycles. The second-order valence-electron chi connectivity index (χ2n) is 8.40. The molecule has 0 aliphatic carbocycles. The average Bonchev–Trinajstić information content (AvgIpc) is 3.28. The van der Waals surface area contributed by atoms with Gasteiger partial charge in [0.2, 0.25) is 5.88 Å². The summed E-state index contributed by atoms with van der Waals surface area (Å²) in [5.41, 5.74) is 4.33. The van der Waals surface area contributed by atoms with Crippen LogP contribution in [0.3, 0.4) is 0 Å². The Balaban J connectivity index is 1.40. The third-order valence-electron chi connectivity index (χ3n) is 5.62. The summed E-state index contributed by atoms with van der Waals surface area (Å²) in [6.07, 6.45) is 5.25. The van der Waals surface area contributed by atoms with Crippen LogP contribution in [0.15, 0.2) is 61.1 Å². The smallest absolute Gasteiger partial charge is 0.274 e. The molecule has 174 valence electrons. The molecule has 3 aromatic heterocycles. The van der Waals surface area contributed by atoms with Crippen molar-refractivity contribution in [3.8, 4) is 17.0 Å². The molecule has 4 aromatic rings. The number of anilines is 2. The van der Waals surface area contributed by atoms with Crippen molar-refractivity contribution in [1.82, 2.24) is 24.9 Å². The minimum Gasteiger partial charge on any atom is -0.475 e. The Morgan fingerprint density at radius 2 is 1.91 bits per heavy atom. The van der Waals surface area contributed by atoms with Crippen LogP contribution in [0.2, 0.25) is 0 Å². The summed E-state index contributed by atoms with van der Waals surface area (Å²) in [5, 5.41) is 10.8. The molecule has 9 nitrogen and oxygen atoms in total. The molecule has 0 bridgehead atoms. The number of rotatable bonds is 6. The number of carbonyl (C=O) groups is 1. The Morgan fingerprint density at radius 1 is 1.09 bits per heavy atom. The van der Waals surface area contributed by atoms with Gasteiger partial charge in [0.25, 0.3) is 5.91 Å². The van der Waals surface area contributed by atoms with E-state index in [2.05, 4.69) is 30.6 Å². The number of para-hydroxylation sites is 2. The summed E-state index contributed by atoms with van der Waals surface area (Å²) < 4.78 is 7.28. The van der Waals surface area contributed by atoms with Crippen molar-refractivity contribution in [3.63, 3.8) is 0 Å². The first kappa shape index (κ1) is 21.8. The SMILES string of the molecule is CC(C)Oc1ccc(-c2cnn3ccc(C(=O)Nc4ccccc4N4CCNCC4)nc23)cn1. The second kappa shape index (κ2) is 9.48. The predicted octanol–water partition coefficient (Wildman–Crippen LogP) is 3.24. The van der Waals surface area contributed by atoms with Crippen LogP contribution in [0.4, 0.5) is 11.4 Å². The largest absolute Gasteiger partial charge is 0.475 e. The zero-order valence-corrected chi connectivity index (χ0v) is 19.2. The van der Waals surface area contributed by atoms with Gasteiger partial charge in [-0.25, -0.2) is 14.5 Å². The Kier molecular flexibility index (Phi) is 6.09. The summed E-state index contributed by atoms with van der Waals surface area (Å²) in [6.45, 7) is 7.55. The Labute approximate surface area is 197 Å². The number of piperazine rings is 1. The van der Waals surface area contributed by atoms with E-state index in [1.54, 1.807) is 29.2 Å². The standard InChI is InChI=1S/C25H27N7O2/c1-17(2)34-23-8-7-18(15-27-23)19-16-28-32-12-9-21(29-24(19)32)25(33)30-20-5-3-4-6-22(20)31-13-10-26-11-14-31/h3-9,12,15-17,26H,10-11,13-14H2,1-2H3,(H,30,33). The molecule has 1 saturated heterocycles. The monoisotopic (exact) mass is 457 g/mol. The first-order valence-electron chi connectivity index (χ1n) is 11.4. The number of hydrogen-bond donors (Lipinski definition) is 2. The van der Waals surface area contributed by atoms with Crippen LogP contribution in [-0.4, -0.2) is 57.8 Å². The molecule has 1 amide bonds. The highest BCUT2D eigenvalue weighted by Crippen LogP contribution is 2.27. The third kappa shape index (κ3) is 4.55. The van der Waals surface area contributed by atoms with Gasteiger partial charge in [-0.05, 0) is 38.1 Å². The first-order valence-corrected chi connectivity index (χ1v) is 11.4. The quantitative estimate of drug-likeness (QED) is 0.459. The number of carbonyl (C=O) groups excluding carboxylic acids is 1. The van der Waals surface area contributed by atoms with E-state index in [9.17, 15) is 4.79 Å². The van der Waals surface area contributed by atoms with Crippen LogP contribution >= 0.6 is 0 Å². The van der Waals surface area contributed by atoms with Crippen molar-refractivity contribution in [2.45, 2.75) is 20.0 Å². The molecule has 34 heavy (non-hydrogen) atoms. The Morgan fingerprint density at radius 3 is 2.68 bits per heavy atom. The zero-order chi connectivity index (χ0) is 23.5. The number of amides is 1. The van der Waals surface area contributed by atoms with Gasteiger partial charge < -0.3 is 20.3 Å². The van der Waals surface area contributed by atoms with E-state index < -0.39 is 0 Å². The fraction of sp³-hybridized carbons (Fsp3) is 0.280. The number of ether oxygens (including phenoxy) is 1. The summed E-state index contributed by atoms with van der Waals surface area (Å²) >= 11 is 0. The van der Waals surface area contributed by atoms with Gasteiger partial charge in [0.1, 0.15) is 5.69 Å². The molecular formula is C25H27N7O2. The molecule has 9 heteroatoms. The number of benzene rings is 1. The average molecular weight is 458 g/mol. The van der Waals surface area contributed by atoms with Crippen molar-refractivity contribution in [2.75, 3.05) is 36.4 Å². The summed E-state index contributed by atoms with van der Waals surface area (Å²) in [6, 6.07) is 13.3. The maximum atomic E-state index is 13.1. The molecule has 4 heterocycles. The lowest BCUT2D eigenvalue weighted by Gasteiger charge is -2.31. The van der Waals surface area contributed by atoms with Gasteiger partial charge >= 0.3 is 0 Å². The highest BCUT2D eigenvalue weighted by atomic mass is 16.5. The molecule has 0 atom stereocenters. The molecule has 1 aliphatic rings. The van der Waals surface area contributed by atoms with E-state index in [-0.39, 0.29) is 12.0 Å². The van der Waals surface area contributed by atoms with Crippen molar-refractivity contribution >= 4 is 22.9 Å². The fourth-order valence-corrected chi connectivity index (χ4v) is 4.00. The van der Waals surface area contributed by atoms with Crippen molar-refractivity contribution in [3.05, 3.63) is 66.7 Å². The number of aromatic nitrogens is 4. The van der Waals surface area contributed by atoms with Crippen LogP contribution in [0.25, 0.3) is 16.8 Å². The maximum Gasteiger partial charge on any atom is 0.274 e. The molecule has 1 aromatic carbocycles. The minimum atomic E-state index is -0.268. The van der Waals surface area contributed by atoms with E-state index in [0.29, 0.717) is 17.2 Å². The third-order valence-corrected chi connectivity index (χ3v) is 5.62. The number of nitrogens with zero attached hydrogens (tertiary/aromatic N) is 5. The lowest BCUT2D eigenvalue weighted by Crippen LogP contribution is -2.43. The van der Waals surface area contributed by atoms with E-state index in [0.717, 1.165) is 48.7 Å². The van der Waals surface area contributed by atoms with Gasteiger partial charge in [-0.2, -0.15) is 5.10 Å². The van der Waals surface area contributed by atoms with E-state index >= 15 is 0 Å². The predicted molar refractivity (Wildman–Crippen MR) is 131 cm³/mol. The van der Waals surface area contributed by atoms with Crippen LogP contribution in [0.1, 0.15) is 24.3 Å². The molecular weight excluding hydrogens is 430 g/mol. The molecule has 2 N–H and O–H groups in total. The van der Waals surface area contributed by atoms with Crippen LogP contribution < -0.4 is 20.3 Å². The van der Waals surface area contributed by atoms with Crippen LogP contribution in [0.5, 0.6) is 5.88 Å². The minimum absolute atomic E-state index is 0.0507. The lowest BCUT2D eigenvalue weighted by atomic mass is 10.1. The molecule has 0 radical (unpaired) electrons. The number of hydrogen-bond acceptors (Lipinski definition) is 7. The van der Waals surface area contributed by atoms with Crippen LogP contribution in [-0.2, 0) is 0 Å². The highest BCUT2D eigenvalue weighted by Gasteiger charge is 2.18. The van der Waals surface area contributed by atoms with Gasteiger partial charge in [-0.1, -0.05) is 12.1 Å². The van der Waals surface area contributed by atoms with E-state index in [4.69, 9.17) is 4.74 Å². The van der Waals surface area contributed by atoms with Gasteiger partial charge in [-0.15, -0.1) is 0 Å². The van der Waals surface area contributed by atoms with Crippen molar-refractivity contribution < 1.29 is 9.53 Å². The Hall–Kier alpha value is -3.98. The topological polar surface area (TPSA) is 96.7 Å². The normalized spacial score (nSPS) is 13.9. The molecule has 1 fully saturated rings. The van der Waals surface area contributed by atoms with Gasteiger partial charge in [0.05, 0.1) is 23.7 Å². The Bertz CT molecular complexity index is 1290. The second-order valence-corrected chi connectivity index (χ2v) is 8.40. The molecule has 0 spiro atoms. The van der Waals surface area contributed by atoms with Crippen LogP contribution in [0, 0.1) is 0 Å². The maximum absolute atomic E-state index is 13.1. The molecule has 0 unspecified atom stereocenters. The number of fused-ring (bicyclic) bond motifs is 1. The summed E-state index contributed by atoms with van der Waals surface area (Å²) in [4.78, 5) is 24.4. The highest BCUT2D eigenvalue weighted by molar-refractivity contribution is 6.05. The zero-order valence-electron chi connectivity index (χ0n) is 19.2. The van der Waals surface area contributed by atoms with Gasteiger partial charge in [0.15, 0.2) is 5.65 Å². The molecule has 5 rings (SSSR count). The van der Waals surface area contributed by atoms with Crippen molar-refractivity contribution in [1.29, 1.82) is 0 Å². The molecule has 0 saturated carbocycles. The van der Waals surface area contributed by atoms with Crippen molar-refractivity contribution in [2.24, 2.45) is 0 Å². The van der Waals surface area contributed by atoms with E-state index in [1.165, 1.54) is 0 Å². The van der Waals surface area contributed by atoms with Gasteiger partial charge in [0, 0.05) is 55.8 Å². The lowest BCUT2D eigenvalue weighted by molar-refractivity contribution is 0.102. The van der Waals surface area contributed by atoms with E-state index in [1.807, 2.05) is 50.2 Å². The summed E-state index contributed by atoms with van der Waals surface area (Å²) in [5.74, 6) is 0.294. The number of nitrogens with one attached hydrogen (secondary N) is 2. The summed E-state index contributed by atoms with van der Waals surface area (Å²) in [7, 11) is 0. The number of pyridine rings is 1. The van der Waals surface area contributed by atoms with Gasteiger partial charge in [-0.3, -0.25) is 4.79 Å². The first-order chi connectivity index (χ1) is 16.6. The fourth-order valence-electron chi connectivity index (χ4n) is 4.00.